The molecule has 1 saturated heterocycles. The molecule has 0 N–H and O–H groups in total. The van der Waals surface area contributed by atoms with Crippen LogP contribution in [-0.4, -0.2) is 37.1 Å². The van der Waals surface area contributed by atoms with Crippen LogP contribution < -0.4 is 0 Å². The average Bonchev–Trinajstić information content (AvgIpc) is 2.69. The Bertz CT molecular complexity index is 670. The lowest BCUT2D eigenvalue weighted by Crippen LogP contribution is -2.40. The van der Waals surface area contributed by atoms with Crippen molar-refractivity contribution in [2.24, 2.45) is 0 Å². The first-order valence-corrected chi connectivity index (χ1v) is 9.34. The van der Waals surface area contributed by atoms with E-state index in [1.165, 1.54) is 30.4 Å². The van der Waals surface area contributed by atoms with E-state index in [-0.39, 0.29) is 5.91 Å². The Hall–Kier alpha value is -2.13. The normalized spacial score (nSPS) is 14.5. The monoisotopic (exact) mass is 337 g/mol. The number of carbonyl (C=O) groups excluding carboxylic acids is 1. The highest BCUT2D eigenvalue weighted by molar-refractivity contribution is 5.94. The van der Waals surface area contributed by atoms with Crippen molar-refractivity contribution in [3.63, 3.8) is 0 Å². The molecule has 3 heteroatoms. The number of ether oxygens (including phenoxy) is 1. The van der Waals surface area contributed by atoms with Crippen LogP contribution in [0, 0.1) is 0 Å². The zero-order chi connectivity index (χ0) is 17.5. The van der Waals surface area contributed by atoms with Gasteiger partial charge in [0.2, 0.25) is 0 Å². The van der Waals surface area contributed by atoms with Crippen LogP contribution >= 0.6 is 0 Å². The molecule has 0 aromatic heterocycles. The molecule has 0 radical (unpaired) electrons. The van der Waals surface area contributed by atoms with Crippen molar-refractivity contribution in [2.45, 2.75) is 32.6 Å². The van der Waals surface area contributed by atoms with E-state index in [0.29, 0.717) is 26.3 Å². The Morgan fingerprint density at radius 2 is 1.52 bits per heavy atom. The van der Waals surface area contributed by atoms with Crippen LogP contribution in [0.2, 0.25) is 0 Å². The fourth-order valence-electron chi connectivity index (χ4n) is 3.20. The number of carbonyl (C=O) groups is 1. The molecule has 25 heavy (non-hydrogen) atoms. The molecular weight excluding hydrogens is 310 g/mol. The molecule has 3 nitrogen and oxygen atoms in total. The largest absolute Gasteiger partial charge is 0.378 e. The van der Waals surface area contributed by atoms with E-state index < -0.39 is 0 Å². The second-order valence-electron chi connectivity index (χ2n) is 6.64. The Balaban J connectivity index is 1.64. The smallest absolute Gasteiger partial charge is 0.254 e. The molecule has 2 aromatic carbocycles. The molecule has 1 amide bonds. The highest BCUT2D eigenvalue weighted by atomic mass is 16.5. The molecule has 0 atom stereocenters. The lowest BCUT2D eigenvalue weighted by Gasteiger charge is -2.26. The number of morpholine rings is 1. The lowest BCUT2D eigenvalue weighted by molar-refractivity contribution is 0.0303. The number of benzene rings is 2. The summed E-state index contributed by atoms with van der Waals surface area (Å²) in [6, 6.07) is 16.7. The van der Waals surface area contributed by atoms with Crippen molar-refractivity contribution < 1.29 is 9.53 Å². The molecule has 0 saturated carbocycles. The zero-order valence-electron chi connectivity index (χ0n) is 15.0. The fraction of sp³-hybridized carbons (Fsp3) is 0.409. The minimum atomic E-state index is 0.0983. The van der Waals surface area contributed by atoms with Crippen molar-refractivity contribution in [3.05, 3.63) is 59.7 Å². The van der Waals surface area contributed by atoms with E-state index in [4.69, 9.17) is 4.74 Å². The molecule has 0 unspecified atom stereocenters. The summed E-state index contributed by atoms with van der Waals surface area (Å²) in [6.07, 6.45) is 4.96. The van der Waals surface area contributed by atoms with Crippen LogP contribution in [-0.2, 0) is 11.2 Å². The van der Waals surface area contributed by atoms with Crippen molar-refractivity contribution >= 4 is 5.91 Å². The van der Waals surface area contributed by atoms with Gasteiger partial charge in [0.15, 0.2) is 0 Å². The second kappa shape index (κ2) is 8.82. The van der Waals surface area contributed by atoms with Crippen LogP contribution in [0.1, 0.15) is 42.1 Å². The molecule has 3 rings (SSSR count). The lowest BCUT2D eigenvalue weighted by atomic mass is 10.00. The third kappa shape index (κ3) is 4.70. The summed E-state index contributed by atoms with van der Waals surface area (Å²) in [5.74, 6) is 0.0983. The topological polar surface area (TPSA) is 29.5 Å². The first-order valence-electron chi connectivity index (χ1n) is 9.34. The fourth-order valence-corrected chi connectivity index (χ4v) is 3.20. The predicted octanol–water partition coefficient (Wildman–Crippen LogP) is 4.56. The van der Waals surface area contributed by atoms with Crippen LogP contribution in [0.25, 0.3) is 11.1 Å². The Labute approximate surface area is 150 Å². The van der Waals surface area contributed by atoms with E-state index in [1.54, 1.807) is 0 Å². The van der Waals surface area contributed by atoms with Gasteiger partial charge in [-0.25, -0.2) is 0 Å². The quantitative estimate of drug-likeness (QED) is 0.723. The van der Waals surface area contributed by atoms with E-state index in [1.807, 2.05) is 29.2 Å². The minimum absolute atomic E-state index is 0.0983. The molecule has 1 fully saturated rings. The third-order valence-corrected chi connectivity index (χ3v) is 4.79. The maximum absolute atomic E-state index is 12.5. The summed E-state index contributed by atoms with van der Waals surface area (Å²) in [7, 11) is 0. The number of amides is 1. The Morgan fingerprint density at radius 1 is 0.920 bits per heavy atom. The summed E-state index contributed by atoms with van der Waals surface area (Å²) in [5.41, 5.74) is 4.50. The van der Waals surface area contributed by atoms with E-state index >= 15 is 0 Å². The van der Waals surface area contributed by atoms with Crippen LogP contribution in [0.3, 0.4) is 0 Å². The van der Waals surface area contributed by atoms with Crippen molar-refractivity contribution in [3.8, 4) is 11.1 Å². The number of aryl methyl sites for hydroxylation is 1. The van der Waals surface area contributed by atoms with Gasteiger partial charge < -0.3 is 9.64 Å². The Kier molecular flexibility index (Phi) is 6.24. The van der Waals surface area contributed by atoms with Gasteiger partial charge in [0, 0.05) is 18.7 Å². The standard InChI is InChI=1S/C22H27NO2/c1-2-3-4-5-18-6-8-19(9-7-18)20-10-12-21(13-11-20)22(24)23-14-16-25-17-15-23/h6-13H,2-5,14-17H2,1H3. The molecule has 0 aliphatic carbocycles. The van der Waals surface area contributed by atoms with Crippen molar-refractivity contribution in [1.29, 1.82) is 0 Å². The highest BCUT2D eigenvalue weighted by Crippen LogP contribution is 2.21. The maximum atomic E-state index is 12.5. The molecule has 0 spiro atoms. The Morgan fingerprint density at radius 3 is 2.12 bits per heavy atom. The van der Waals surface area contributed by atoms with Gasteiger partial charge in [-0.05, 0) is 41.7 Å². The number of hydrogen-bond acceptors (Lipinski definition) is 2. The van der Waals surface area contributed by atoms with Gasteiger partial charge in [0.25, 0.3) is 5.91 Å². The first-order chi connectivity index (χ1) is 12.3. The van der Waals surface area contributed by atoms with Gasteiger partial charge in [0.1, 0.15) is 0 Å². The molecule has 1 heterocycles. The average molecular weight is 337 g/mol. The molecule has 1 aliphatic heterocycles. The van der Waals surface area contributed by atoms with Gasteiger partial charge >= 0.3 is 0 Å². The zero-order valence-corrected chi connectivity index (χ0v) is 15.0. The number of hydrogen-bond donors (Lipinski definition) is 0. The van der Waals surface area contributed by atoms with Gasteiger partial charge in [-0.1, -0.05) is 56.2 Å². The highest BCUT2D eigenvalue weighted by Gasteiger charge is 2.18. The van der Waals surface area contributed by atoms with E-state index in [2.05, 4.69) is 31.2 Å². The maximum Gasteiger partial charge on any atom is 0.254 e. The van der Waals surface area contributed by atoms with E-state index in [9.17, 15) is 4.79 Å². The van der Waals surface area contributed by atoms with Crippen LogP contribution in [0.4, 0.5) is 0 Å². The predicted molar refractivity (Wildman–Crippen MR) is 102 cm³/mol. The van der Waals surface area contributed by atoms with Gasteiger partial charge in [-0.3, -0.25) is 4.79 Å². The van der Waals surface area contributed by atoms with Crippen LogP contribution in [0.5, 0.6) is 0 Å². The molecular formula is C22H27NO2. The molecule has 132 valence electrons. The first kappa shape index (κ1) is 17.7. The summed E-state index contributed by atoms with van der Waals surface area (Å²) in [6.45, 7) is 4.86. The third-order valence-electron chi connectivity index (χ3n) is 4.79. The van der Waals surface area contributed by atoms with Gasteiger partial charge in [-0.15, -0.1) is 0 Å². The van der Waals surface area contributed by atoms with Crippen molar-refractivity contribution in [2.75, 3.05) is 26.3 Å². The second-order valence-corrected chi connectivity index (χ2v) is 6.64. The molecule has 2 aromatic rings. The number of unbranched alkanes of at least 4 members (excludes halogenated alkanes) is 2. The summed E-state index contributed by atoms with van der Waals surface area (Å²) in [5, 5.41) is 0. The van der Waals surface area contributed by atoms with Gasteiger partial charge in [-0.2, -0.15) is 0 Å². The minimum Gasteiger partial charge on any atom is -0.378 e. The number of rotatable bonds is 6. The van der Waals surface area contributed by atoms with Crippen LogP contribution in [0.15, 0.2) is 48.5 Å². The summed E-state index contributed by atoms with van der Waals surface area (Å²) < 4.78 is 5.31. The summed E-state index contributed by atoms with van der Waals surface area (Å²) in [4.78, 5) is 14.4. The van der Waals surface area contributed by atoms with Gasteiger partial charge in [0.05, 0.1) is 13.2 Å². The molecule has 0 bridgehead atoms. The number of nitrogens with zero attached hydrogens (tertiary/aromatic N) is 1. The van der Waals surface area contributed by atoms with E-state index in [0.717, 1.165) is 17.5 Å². The molecule has 1 aliphatic rings. The van der Waals surface area contributed by atoms with Crippen molar-refractivity contribution in [1.82, 2.24) is 4.90 Å². The SMILES string of the molecule is CCCCCc1ccc(-c2ccc(C(=O)N3CCOCC3)cc2)cc1. The summed E-state index contributed by atoms with van der Waals surface area (Å²) >= 11 is 0.